The Morgan fingerprint density at radius 3 is 1.85 bits per heavy atom. The Kier molecular flexibility index (Phi) is 2.37. The molecule has 1 saturated heterocycles. The average molecular weight is 271 g/mol. The molecule has 2 amide bonds. The van der Waals surface area contributed by atoms with E-state index in [1.807, 2.05) is 0 Å². The largest absolute Gasteiger partial charge is 0.274 e. The highest BCUT2D eigenvalue weighted by molar-refractivity contribution is 6.22. The van der Waals surface area contributed by atoms with Crippen molar-refractivity contribution in [1.82, 2.24) is 0 Å². The van der Waals surface area contributed by atoms with Gasteiger partial charge in [0, 0.05) is 0 Å². The van der Waals surface area contributed by atoms with E-state index in [2.05, 4.69) is 12.2 Å². The SMILES string of the molecule is O=C1[C@H]2[C@H](C(=O)N1c1ccc(F)cc1)[C@H]1C=C[C@H]2CC1. The Bertz CT molecular complexity index is 590. The fourth-order valence-electron chi connectivity index (χ4n) is 3.92. The van der Waals surface area contributed by atoms with Crippen molar-refractivity contribution in [2.45, 2.75) is 12.8 Å². The summed E-state index contributed by atoms with van der Waals surface area (Å²) in [6.07, 6.45) is 6.15. The predicted molar refractivity (Wildman–Crippen MR) is 71.2 cm³/mol. The van der Waals surface area contributed by atoms with Crippen molar-refractivity contribution in [2.75, 3.05) is 4.90 Å². The molecule has 3 aliphatic carbocycles. The number of imide groups is 1. The van der Waals surface area contributed by atoms with Crippen LogP contribution in [0.4, 0.5) is 10.1 Å². The number of fused-ring (bicyclic) bond motifs is 1. The van der Waals surface area contributed by atoms with Crippen molar-refractivity contribution in [3.05, 3.63) is 42.2 Å². The molecule has 1 heterocycles. The first-order valence-corrected chi connectivity index (χ1v) is 6.98. The monoisotopic (exact) mass is 271 g/mol. The van der Waals surface area contributed by atoms with Crippen LogP contribution in [0, 0.1) is 29.5 Å². The van der Waals surface area contributed by atoms with Crippen molar-refractivity contribution >= 4 is 17.5 Å². The zero-order valence-corrected chi connectivity index (χ0v) is 10.8. The van der Waals surface area contributed by atoms with Crippen LogP contribution in [0.3, 0.4) is 0 Å². The van der Waals surface area contributed by atoms with Gasteiger partial charge in [-0.25, -0.2) is 4.39 Å². The van der Waals surface area contributed by atoms with E-state index in [4.69, 9.17) is 0 Å². The van der Waals surface area contributed by atoms with Crippen LogP contribution in [-0.4, -0.2) is 11.8 Å². The maximum atomic E-state index is 13.0. The fraction of sp³-hybridized carbons (Fsp3) is 0.375. The molecule has 1 aromatic rings. The molecule has 2 fully saturated rings. The number of allylic oxidation sites excluding steroid dienone is 2. The molecule has 0 aromatic heterocycles. The number of hydrogen-bond acceptors (Lipinski definition) is 2. The average Bonchev–Trinajstić information content (AvgIpc) is 2.76. The maximum absolute atomic E-state index is 13.0. The molecular weight excluding hydrogens is 257 g/mol. The summed E-state index contributed by atoms with van der Waals surface area (Å²) in [6, 6.07) is 5.56. The van der Waals surface area contributed by atoms with Crippen LogP contribution in [-0.2, 0) is 9.59 Å². The summed E-state index contributed by atoms with van der Waals surface area (Å²) in [4.78, 5) is 26.5. The summed E-state index contributed by atoms with van der Waals surface area (Å²) in [7, 11) is 0. The number of halogens is 1. The van der Waals surface area contributed by atoms with Crippen LogP contribution in [0.25, 0.3) is 0 Å². The third-order valence-corrected chi connectivity index (χ3v) is 4.84. The predicted octanol–water partition coefficient (Wildman–Crippen LogP) is 2.53. The summed E-state index contributed by atoms with van der Waals surface area (Å²) in [5.74, 6) is -0.658. The lowest BCUT2D eigenvalue weighted by atomic mass is 9.63. The first-order chi connectivity index (χ1) is 9.66. The maximum Gasteiger partial charge on any atom is 0.238 e. The van der Waals surface area contributed by atoms with Gasteiger partial charge in [0.15, 0.2) is 0 Å². The van der Waals surface area contributed by atoms with Gasteiger partial charge >= 0.3 is 0 Å². The Morgan fingerprint density at radius 2 is 1.40 bits per heavy atom. The highest BCUT2D eigenvalue weighted by atomic mass is 19.1. The number of nitrogens with zero attached hydrogens (tertiary/aromatic N) is 1. The quantitative estimate of drug-likeness (QED) is 0.581. The molecule has 1 aromatic carbocycles. The third-order valence-electron chi connectivity index (χ3n) is 4.84. The van der Waals surface area contributed by atoms with E-state index < -0.39 is 0 Å². The van der Waals surface area contributed by atoms with Gasteiger partial charge in [-0.1, -0.05) is 12.2 Å². The minimum absolute atomic E-state index is 0.120. The summed E-state index contributed by atoms with van der Waals surface area (Å²) < 4.78 is 13.0. The second-order valence-corrected chi connectivity index (χ2v) is 5.83. The number of anilines is 1. The summed E-state index contributed by atoms with van der Waals surface area (Å²) in [5, 5.41) is 0. The molecular formula is C16H14FNO2. The summed E-state index contributed by atoms with van der Waals surface area (Å²) in [6.45, 7) is 0. The van der Waals surface area contributed by atoms with Crippen LogP contribution in [0.5, 0.6) is 0 Å². The minimum Gasteiger partial charge on any atom is -0.274 e. The van der Waals surface area contributed by atoms with Crippen molar-refractivity contribution in [1.29, 1.82) is 0 Å². The highest BCUT2D eigenvalue weighted by Gasteiger charge is 2.56. The van der Waals surface area contributed by atoms with Crippen LogP contribution in [0.1, 0.15) is 12.8 Å². The van der Waals surface area contributed by atoms with E-state index in [0.717, 1.165) is 12.8 Å². The Balaban J connectivity index is 1.75. The van der Waals surface area contributed by atoms with E-state index in [-0.39, 0.29) is 41.3 Å². The number of carbonyl (C=O) groups excluding carboxylic acids is 2. The van der Waals surface area contributed by atoms with Crippen LogP contribution in [0.15, 0.2) is 36.4 Å². The molecule has 4 heteroatoms. The molecule has 4 aliphatic rings. The zero-order valence-electron chi connectivity index (χ0n) is 10.8. The van der Waals surface area contributed by atoms with Gasteiger partial charge in [0.05, 0.1) is 17.5 Å². The summed E-state index contributed by atoms with van der Waals surface area (Å²) in [5.41, 5.74) is 0.482. The lowest BCUT2D eigenvalue weighted by molar-refractivity contribution is -0.124. The molecule has 102 valence electrons. The smallest absolute Gasteiger partial charge is 0.238 e. The van der Waals surface area contributed by atoms with Gasteiger partial charge < -0.3 is 0 Å². The molecule has 2 bridgehead atoms. The van der Waals surface area contributed by atoms with Gasteiger partial charge in [-0.3, -0.25) is 14.5 Å². The second kappa shape index (κ2) is 4.01. The van der Waals surface area contributed by atoms with Gasteiger partial charge in [0.2, 0.25) is 11.8 Å². The van der Waals surface area contributed by atoms with E-state index in [0.29, 0.717) is 5.69 Å². The van der Waals surface area contributed by atoms with Crippen molar-refractivity contribution in [3.8, 4) is 0 Å². The number of rotatable bonds is 1. The number of benzene rings is 1. The van der Waals surface area contributed by atoms with Gasteiger partial charge in [-0.05, 0) is 48.9 Å². The van der Waals surface area contributed by atoms with Crippen molar-refractivity contribution in [3.63, 3.8) is 0 Å². The second-order valence-electron chi connectivity index (χ2n) is 5.83. The van der Waals surface area contributed by atoms with E-state index in [1.165, 1.54) is 29.2 Å². The summed E-state index contributed by atoms with van der Waals surface area (Å²) >= 11 is 0. The van der Waals surface area contributed by atoms with Crippen LogP contribution in [0.2, 0.25) is 0 Å². The molecule has 1 aliphatic heterocycles. The highest BCUT2D eigenvalue weighted by Crippen LogP contribution is 2.50. The Hall–Kier alpha value is -1.97. The lowest BCUT2D eigenvalue weighted by Gasteiger charge is -2.38. The van der Waals surface area contributed by atoms with E-state index in [1.54, 1.807) is 0 Å². The fourth-order valence-corrected chi connectivity index (χ4v) is 3.92. The first-order valence-electron chi connectivity index (χ1n) is 6.98. The van der Waals surface area contributed by atoms with Crippen molar-refractivity contribution < 1.29 is 14.0 Å². The van der Waals surface area contributed by atoms with Gasteiger partial charge in [0.1, 0.15) is 5.82 Å². The van der Waals surface area contributed by atoms with Crippen molar-refractivity contribution in [2.24, 2.45) is 23.7 Å². The molecule has 20 heavy (non-hydrogen) atoms. The molecule has 0 radical (unpaired) electrons. The standard InChI is InChI=1S/C16H14FNO2/c17-11-5-7-12(8-6-11)18-15(19)13-9-1-2-10(4-3-9)14(13)16(18)20/h1-2,5-10,13-14H,3-4H2/t9-,10-,13+,14+/m0/s1. The lowest BCUT2D eigenvalue weighted by Crippen LogP contribution is -2.38. The number of hydrogen-bond donors (Lipinski definition) is 0. The zero-order chi connectivity index (χ0) is 13.9. The number of carbonyl (C=O) groups is 2. The van der Waals surface area contributed by atoms with E-state index >= 15 is 0 Å². The topological polar surface area (TPSA) is 37.4 Å². The Morgan fingerprint density at radius 1 is 0.900 bits per heavy atom. The molecule has 1 saturated carbocycles. The molecule has 4 atom stereocenters. The number of amides is 2. The van der Waals surface area contributed by atoms with Gasteiger partial charge in [-0.2, -0.15) is 0 Å². The Labute approximate surface area is 116 Å². The van der Waals surface area contributed by atoms with Crippen LogP contribution < -0.4 is 4.90 Å². The molecule has 5 rings (SSSR count). The third kappa shape index (κ3) is 1.45. The van der Waals surface area contributed by atoms with Gasteiger partial charge in [-0.15, -0.1) is 0 Å². The molecule has 0 spiro atoms. The minimum atomic E-state index is -0.369. The molecule has 3 nitrogen and oxygen atoms in total. The van der Waals surface area contributed by atoms with E-state index in [9.17, 15) is 14.0 Å². The molecule has 0 N–H and O–H groups in total. The normalized spacial score (nSPS) is 34.8. The molecule has 0 unspecified atom stereocenters. The first kappa shape index (κ1) is 11.8. The van der Waals surface area contributed by atoms with Gasteiger partial charge in [0.25, 0.3) is 0 Å². The van der Waals surface area contributed by atoms with Crippen LogP contribution >= 0.6 is 0 Å².